The van der Waals surface area contributed by atoms with Gasteiger partial charge in [0.1, 0.15) is 0 Å². The van der Waals surface area contributed by atoms with Crippen LogP contribution in [0.2, 0.25) is 0 Å². The largest absolute Gasteiger partial charge is 0.418 e. The minimum atomic E-state index is -4.51. The molecule has 1 aromatic carbocycles. The maximum Gasteiger partial charge on any atom is 0.418 e. The van der Waals surface area contributed by atoms with Gasteiger partial charge < -0.3 is 15.7 Å². The molecule has 140 valence electrons. The van der Waals surface area contributed by atoms with Gasteiger partial charge in [0.05, 0.1) is 17.9 Å². The van der Waals surface area contributed by atoms with Crippen LogP contribution in [0.3, 0.4) is 0 Å². The second kappa shape index (κ2) is 9.05. The number of para-hydroxylation sites is 1. The van der Waals surface area contributed by atoms with Crippen molar-refractivity contribution < 1.29 is 23.1 Å². The van der Waals surface area contributed by atoms with E-state index in [0.29, 0.717) is 6.54 Å². The molecule has 8 heteroatoms. The number of unbranched alkanes of at least 4 members (excludes halogenated alkanes) is 1. The molecule has 0 saturated carbocycles. The van der Waals surface area contributed by atoms with E-state index in [1.54, 1.807) is 0 Å². The first kappa shape index (κ1) is 19.5. The number of halogens is 3. The number of aliphatic hydroxyl groups is 1. The van der Waals surface area contributed by atoms with Crippen molar-refractivity contribution in [3.05, 3.63) is 29.8 Å². The van der Waals surface area contributed by atoms with Crippen molar-refractivity contribution in [3.8, 4) is 0 Å². The second-order valence-electron chi connectivity index (χ2n) is 6.15. The quantitative estimate of drug-likeness (QED) is 0.656. The molecule has 1 aliphatic rings. The predicted octanol–water partition coefficient (Wildman–Crippen LogP) is 3.06. The van der Waals surface area contributed by atoms with E-state index in [1.807, 2.05) is 0 Å². The van der Waals surface area contributed by atoms with E-state index < -0.39 is 17.8 Å². The van der Waals surface area contributed by atoms with Crippen LogP contribution in [0, 0.1) is 0 Å². The lowest BCUT2D eigenvalue weighted by Gasteiger charge is -2.22. The normalized spacial score (nSPS) is 18.3. The van der Waals surface area contributed by atoms with Gasteiger partial charge in [0.25, 0.3) is 0 Å². The number of amides is 2. The molecule has 1 atom stereocenters. The van der Waals surface area contributed by atoms with E-state index >= 15 is 0 Å². The Bertz CT molecular complexity index is 566. The molecule has 2 rings (SSSR count). The number of hydrogen-bond donors (Lipinski definition) is 3. The number of benzene rings is 1. The zero-order valence-corrected chi connectivity index (χ0v) is 14.0. The van der Waals surface area contributed by atoms with Crippen LogP contribution in [0.25, 0.3) is 0 Å². The molecule has 3 N–H and O–H groups in total. The average molecular weight is 359 g/mol. The van der Waals surface area contributed by atoms with Gasteiger partial charge in [-0.25, -0.2) is 4.79 Å². The minimum Gasteiger partial charge on any atom is -0.395 e. The van der Waals surface area contributed by atoms with Gasteiger partial charge in [-0.05, 0) is 50.9 Å². The summed E-state index contributed by atoms with van der Waals surface area (Å²) in [5.74, 6) is 0. The monoisotopic (exact) mass is 359 g/mol. The van der Waals surface area contributed by atoms with Gasteiger partial charge in [0.15, 0.2) is 0 Å². The molecule has 0 bridgehead atoms. The predicted molar refractivity (Wildman–Crippen MR) is 89.4 cm³/mol. The van der Waals surface area contributed by atoms with Crippen LogP contribution in [-0.2, 0) is 6.18 Å². The van der Waals surface area contributed by atoms with Crippen LogP contribution < -0.4 is 10.6 Å². The number of urea groups is 1. The number of rotatable bonds is 7. The van der Waals surface area contributed by atoms with E-state index in [9.17, 15) is 23.1 Å². The number of nitrogens with one attached hydrogen (secondary N) is 2. The van der Waals surface area contributed by atoms with E-state index in [0.717, 1.165) is 44.8 Å². The molecule has 1 fully saturated rings. The summed E-state index contributed by atoms with van der Waals surface area (Å²) in [6, 6.07) is 4.47. The highest BCUT2D eigenvalue weighted by atomic mass is 19.4. The fourth-order valence-electron chi connectivity index (χ4n) is 3.04. The standard InChI is InChI=1S/C17H24F3N3O2/c18-17(19,20)14-7-1-2-8-15(14)22-16(25)21-9-3-4-10-23-11-5-6-13(23)12-24/h1-2,7-8,13,24H,3-6,9-12H2,(H2,21,22,25). The highest BCUT2D eigenvalue weighted by Gasteiger charge is 2.33. The summed E-state index contributed by atoms with van der Waals surface area (Å²) in [5, 5.41) is 14.1. The van der Waals surface area contributed by atoms with Crippen LogP contribution in [0.4, 0.5) is 23.7 Å². The number of nitrogens with zero attached hydrogens (tertiary/aromatic N) is 1. The Kier molecular flexibility index (Phi) is 7.07. The molecule has 1 aromatic rings. The lowest BCUT2D eigenvalue weighted by Crippen LogP contribution is -2.34. The fraction of sp³-hybridized carbons (Fsp3) is 0.588. The molecule has 0 aliphatic carbocycles. The van der Waals surface area contributed by atoms with Crippen molar-refractivity contribution in [1.29, 1.82) is 0 Å². The Balaban J connectivity index is 1.70. The zero-order valence-electron chi connectivity index (χ0n) is 14.0. The van der Waals surface area contributed by atoms with Crippen molar-refractivity contribution in [2.75, 3.05) is 31.6 Å². The number of hydrogen-bond acceptors (Lipinski definition) is 3. The maximum atomic E-state index is 12.9. The topological polar surface area (TPSA) is 64.6 Å². The summed E-state index contributed by atoms with van der Waals surface area (Å²) >= 11 is 0. The van der Waals surface area contributed by atoms with Crippen LogP contribution in [0.15, 0.2) is 24.3 Å². The van der Waals surface area contributed by atoms with Crippen molar-refractivity contribution in [2.24, 2.45) is 0 Å². The number of carbonyl (C=O) groups is 1. The summed E-state index contributed by atoms with van der Waals surface area (Å²) in [6.07, 6.45) is -0.831. The Morgan fingerprint density at radius 2 is 2.04 bits per heavy atom. The van der Waals surface area contributed by atoms with E-state index in [2.05, 4.69) is 15.5 Å². The Labute approximate surface area is 145 Å². The first-order valence-corrected chi connectivity index (χ1v) is 8.48. The van der Waals surface area contributed by atoms with Gasteiger partial charge in [-0.2, -0.15) is 13.2 Å². The first-order chi connectivity index (χ1) is 11.9. The first-order valence-electron chi connectivity index (χ1n) is 8.48. The van der Waals surface area contributed by atoms with Crippen LogP contribution in [-0.4, -0.2) is 48.3 Å². The van der Waals surface area contributed by atoms with Crippen LogP contribution in [0.1, 0.15) is 31.2 Å². The van der Waals surface area contributed by atoms with Crippen molar-refractivity contribution >= 4 is 11.7 Å². The van der Waals surface area contributed by atoms with Crippen molar-refractivity contribution in [3.63, 3.8) is 0 Å². The third-order valence-corrected chi connectivity index (χ3v) is 4.35. The molecular weight excluding hydrogens is 335 g/mol. The lowest BCUT2D eigenvalue weighted by atomic mass is 10.1. The zero-order chi connectivity index (χ0) is 18.3. The van der Waals surface area contributed by atoms with Gasteiger partial charge in [0.2, 0.25) is 0 Å². The highest BCUT2D eigenvalue weighted by molar-refractivity contribution is 5.90. The van der Waals surface area contributed by atoms with E-state index in [4.69, 9.17) is 0 Å². The second-order valence-corrected chi connectivity index (χ2v) is 6.15. The Morgan fingerprint density at radius 1 is 1.28 bits per heavy atom. The average Bonchev–Trinajstić information content (AvgIpc) is 3.01. The molecule has 0 radical (unpaired) electrons. The number of carbonyl (C=O) groups excluding carboxylic acids is 1. The summed E-state index contributed by atoms with van der Waals surface area (Å²) < 4.78 is 38.6. The number of likely N-dealkylation sites (tertiary alicyclic amines) is 1. The summed E-state index contributed by atoms with van der Waals surface area (Å²) in [5.41, 5.74) is -1.12. The van der Waals surface area contributed by atoms with Crippen molar-refractivity contribution in [2.45, 2.75) is 37.9 Å². The molecule has 25 heavy (non-hydrogen) atoms. The molecule has 1 unspecified atom stereocenters. The number of alkyl halides is 3. The third kappa shape index (κ3) is 5.89. The third-order valence-electron chi connectivity index (χ3n) is 4.35. The summed E-state index contributed by atoms with van der Waals surface area (Å²) in [7, 11) is 0. The number of aliphatic hydroxyl groups excluding tert-OH is 1. The van der Waals surface area contributed by atoms with Gasteiger partial charge in [-0.15, -0.1) is 0 Å². The molecule has 1 heterocycles. The number of anilines is 1. The summed E-state index contributed by atoms with van der Waals surface area (Å²) in [4.78, 5) is 14.0. The highest BCUT2D eigenvalue weighted by Crippen LogP contribution is 2.34. The fourth-order valence-corrected chi connectivity index (χ4v) is 3.04. The molecule has 5 nitrogen and oxygen atoms in total. The van der Waals surface area contributed by atoms with E-state index in [-0.39, 0.29) is 18.3 Å². The van der Waals surface area contributed by atoms with Gasteiger partial charge in [-0.3, -0.25) is 4.90 Å². The molecule has 2 amide bonds. The smallest absolute Gasteiger partial charge is 0.395 e. The van der Waals surface area contributed by atoms with Crippen LogP contribution >= 0.6 is 0 Å². The summed E-state index contributed by atoms with van der Waals surface area (Å²) in [6.45, 7) is 2.38. The molecule has 0 spiro atoms. The minimum absolute atomic E-state index is 0.166. The molecular formula is C17H24F3N3O2. The van der Waals surface area contributed by atoms with Crippen LogP contribution in [0.5, 0.6) is 0 Å². The Morgan fingerprint density at radius 3 is 2.76 bits per heavy atom. The SMILES string of the molecule is O=C(NCCCCN1CCCC1CO)Nc1ccccc1C(F)(F)F. The maximum absolute atomic E-state index is 12.9. The molecule has 1 saturated heterocycles. The van der Waals surface area contributed by atoms with Gasteiger partial charge >= 0.3 is 12.2 Å². The lowest BCUT2D eigenvalue weighted by molar-refractivity contribution is -0.136. The van der Waals surface area contributed by atoms with Gasteiger partial charge in [0, 0.05) is 12.6 Å². The van der Waals surface area contributed by atoms with Crippen molar-refractivity contribution in [1.82, 2.24) is 10.2 Å². The van der Waals surface area contributed by atoms with Gasteiger partial charge in [-0.1, -0.05) is 12.1 Å². The Hall–Kier alpha value is -1.80. The molecule has 0 aromatic heterocycles. The van der Waals surface area contributed by atoms with E-state index in [1.165, 1.54) is 18.2 Å². The molecule has 1 aliphatic heterocycles.